The minimum absolute atomic E-state index is 0.178. The summed E-state index contributed by atoms with van der Waals surface area (Å²) in [5.41, 5.74) is 2.53. The maximum atomic E-state index is 12.8. The fourth-order valence-corrected chi connectivity index (χ4v) is 5.08. The third-order valence-electron chi connectivity index (χ3n) is 4.71. The summed E-state index contributed by atoms with van der Waals surface area (Å²) in [7, 11) is 0. The van der Waals surface area contributed by atoms with Crippen LogP contribution in [-0.4, -0.2) is 25.1 Å². The van der Waals surface area contributed by atoms with Gasteiger partial charge in [-0.2, -0.15) is 0 Å². The second kappa shape index (κ2) is 9.12. The highest BCUT2D eigenvalue weighted by Gasteiger charge is 2.15. The Morgan fingerprint density at radius 3 is 2.66 bits per heavy atom. The van der Waals surface area contributed by atoms with Crippen LogP contribution in [0.25, 0.3) is 33.5 Å². The van der Waals surface area contributed by atoms with Crippen molar-refractivity contribution >= 4 is 57.1 Å². The standard InChI is InChI=1S/C23H16ClN5OS2/c24-17-9-5-4-8-15(17)16-12-31-22-20(16)21(30)25-19(26-22)13-32-23-27-18(28-29-23)11-10-14-6-2-1-3-7-14/h1-12H,13H2,(H,25,26,30)(H,27,28,29)/b11-10+. The molecular weight excluding hydrogens is 462 g/mol. The van der Waals surface area contributed by atoms with E-state index in [4.69, 9.17) is 11.6 Å². The molecule has 0 saturated carbocycles. The van der Waals surface area contributed by atoms with Gasteiger partial charge in [0.15, 0.2) is 0 Å². The number of halogens is 1. The van der Waals surface area contributed by atoms with E-state index in [-0.39, 0.29) is 5.56 Å². The molecule has 0 aliphatic heterocycles. The molecule has 3 heterocycles. The minimum Gasteiger partial charge on any atom is -0.309 e. The second-order valence-corrected chi connectivity index (χ2v) is 9.07. The normalized spacial score (nSPS) is 11.5. The van der Waals surface area contributed by atoms with E-state index in [2.05, 4.69) is 25.1 Å². The van der Waals surface area contributed by atoms with Crippen molar-refractivity contribution in [2.24, 2.45) is 0 Å². The minimum atomic E-state index is -0.178. The molecule has 0 radical (unpaired) electrons. The summed E-state index contributed by atoms with van der Waals surface area (Å²) in [6.07, 6.45) is 3.84. The van der Waals surface area contributed by atoms with E-state index in [1.165, 1.54) is 23.1 Å². The topological polar surface area (TPSA) is 87.3 Å². The van der Waals surface area contributed by atoms with E-state index < -0.39 is 0 Å². The number of nitrogens with zero attached hydrogens (tertiary/aromatic N) is 3. The largest absolute Gasteiger partial charge is 0.309 e. The number of nitrogens with one attached hydrogen (secondary N) is 2. The lowest BCUT2D eigenvalue weighted by molar-refractivity contribution is 0.965. The first-order valence-electron chi connectivity index (χ1n) is 9.71. The van der Waals surface area contributed by atoms with Gasteiger partial charge in [-0.25, -0.2) is 9.97 Å². The highest BCUT2D eigenvalue weighted by molar-refractivity contribution is 7.98. The summed E-state index contributed by atoms with van der Waals surface area (Å²) in [5.74, 6) is 1.69. The summed E-state index contributed by atoms with van der Waals surface area (Å²) in [6, 6.07) is 17.5. The van der Waals surface area contributed by atoms with Crippen molar-refractivity contribution in [1.82, 2.24) is 25.1 Å². The molecule has 0 atom stereocenters. The molecule has 0 spiro atoms. The van der Waals surface area contributed by atoms with E-state index in [1.807, 2.05) is 72.1 Å². The van der Waals surface area contributed by atoms with E-state index in [1.54, 1.807) is 0 Å². The fraction of sp³-hybridized carbons (Fsp3) is 0.0435. The molecule has 158 valence electrons. The Kier molecular flexibility index (Phi) is 5.89. The van der Waals surface area contributed by atoms with Gasteiger partial charge in [0.2, 0.25) is 5.16 Å². The molecule has 0 bridgehead atoms. The molecule has 0 aliphatic carbocycles. The zero-order valence-electron chi connectivity index (χ0n) is 16.6. The quantitative estimate of drug-likeness (QED) is 0.298. The zero-order chi connectivity index (χ0) is 21.9. The Labute approximate surface area is 196 Å². The summed E-state index contributed by atoms with van der Waals surface area (Å²) in [4.78, 5) is 25.5. The maximum Gasteiger partial charge on any atom is 0.260 e. The van der Waals surface area contributed by atoms with E-state index >= 15 is 0 Å². The van der Waals surface area contributed by atoms with Gasteiger partial charge in [-0.15, -0.1) is 16.4 Å². The van der Waals surface area contributed by atoms with Gasteiger partial charge in [-0.3, -0.25) is 9.89 Å². The zero-order valence-corrected chi connectivity index (χ0v) is 19.0. The van der Waals surface area contributed by atoms with E-state index in [0.717, 1.165) is 16.7 Å². The van der Waals surface area contributed by atoms with E-state index in [0.29, 0.717) is 37.8 Å². The van der Waals surface area contributed by atoms with Crippen LogP contribution in [0, 0.1) is 0 Å². The van der Waals surface area contributed by atoms with Gasteiger partial charge in [0.1, 0.15) is 16.5 Å². The number of hydrogen-bond donors (Lipinski definition) is 2. The third-order valence-corrected chi connectivity index (χ3v) is 6.77. The summed E-state index contributed by atoms with van der Waals surface area (Å²) < 4.78 is 0. The lowest BCUT2D eigenvalue weighted by atomic mass is 10.1. The summed E-state index contributed by atoms with van der Waals surface area (Å²) >= 11 is 9.16. The van der Waals surface area contributed by atoms with E-state index in [9.17, 15) is 4.79 Å². The Morgan fingerprint density at radius 2 is 1.81 bits per heavy atom. The Morgan fingerprint density at radius 1 is 1.00 bits per heavy atom. The van der Waals surface area contributed by atoms with Crippen LogP contribution in [-0.2, 0) is 5.75 Å². The van der Waals surface area contributed by atoms with Crippen molar-refractivity contribution < 1.29 is 0 Å². The summed E-state index contributed by atoms with van der Waals surface area (Å²) in [5, 5.41) is 10.8. The molecule has 0 amide bonds. The highest BCUT2D eigenvalue weighted by atomic mass is 35.5. The van der Waals surface area contributed by atoms with Crippen LogP contribution < -0.4 is 5.56 Å². The lowest BCUT2D eigenvalue weighted by Gasteiger charge is -2.03. The Hall–Kier alpha value is -3.20. The predicted molar refractivity (Wildman–Crippen MR) is 132 cm³/mol. The Bertz CT molecular complexity index is 1470. The van der Waals surface area contributed by atoms with Crippen molar-refractivity contribution in [1.29, 1.82) is 0 Å². The first-order valence-corrected chi connectivity index (χ1v) is 12.0. The number of thioether (sulfide) groups is 1. The molecule has 0 saturated heterocycles. The Balaban J connectivity index is 1.33. The highest BCUT2D eigenvalue weighted by Crippen LogP contribution is 2.35. The number of rotatable bonds is 6. The number of H-pyrrole nitrogens is 2. The van der Waals surface area contributed by atoms with Crippen LogP contribution in [0.3, 0.4) is 0 Å². The molecule has 0 unspecified atom stereocenters. The summed E-state index contributed by atoms with van der Waals surface area (Å²) in [6.45, 7) is 0. The van der Waals surface area contributed by atoms with Crippen molar-refractivity contribution in [3.63, 3.8) is 0 Å². The average Bonchev–Trinajstić information content (AvgIpc) is 3.45. The molecule has 2 aromatic carbocycles. The van der Waals surface area contributed by atoms with Gasteiger partial charge in [-0.05, 0) is 17.7 Å². The monoisotopic (exact) mass is 477 g/mol. The van der Waals surface area contributed by atoms with Crippen molar-refractivity contribution in [3.05, 3.63) is 92.6 Å². The van der Waals surface area contributed by atoms with Crippen LogP contribution in [0.15, 0.2) is 69.9 Å². The van der Waals surface area contributed by atoms with Gasteiger partial charge < -0.3 is 4.98 Å². The number of fused-ring (bicyclic) bond motifs is 1. The average molecular weight is 478 g/mol. The molecule has 9 heteroatoms. The first-order chi connectivity index (χ1) is 15.7. The number of aromatic nitrogens is 5. The smallest absolute Gasteiger partial charge is 0.260 e. The molecule has 2 N–H and O–H groups in total. The molecule has 3 aromatic heterocycles. The van der Waals surface area contributed by atoms with Gasteiger partial charge in [0, 0.05) is 21.5 Å². The molecule has 32 heavy (non-hydrogen) atoms. The van der Waals surface area contributed by atoms with Crippen LogP contribution >= 0.6 is 34.7 Å². The van der Waals surface area contributed by atoms with Crippen molar-refractivity contribution in [2.75, 3.05) is 0 Å². The number of hydrogen-bond acceptors (Lipinski definition) is 6. The van der Waals surface area contributed by atoms with Gasteiger partial charge >= 0.3 is 0 Å². The van der Waals surface area contributed by atoms with Crippen molar-refractivity contribution in [2.45, 2.75) is 10.9 Å². The predicted octanol–water partition coefficient (Wildman–Crippen LogP) is 5.89. The van der Waals surface area contributed by atoms with Crippen LogP contribution in [0.4, 0.5) is 0 Å². The van der Waals surface area contributed by atoms with Gasteiger partial charge in [-0.1, -0.05) is 78.0 Å². The molecule has 5 aromatic rings. The maximum absolute atomic E-state index is 12.8. The SMILES string of the molecule is O=c1[nH]c(CSc2n[nH]c(/C=C/c3ccccc3)n2)nc2scc(-c3ccccc3Cl)c12. The second-order valence-electron chi connectivity index (χ2n) is 6.86. The molecular formula is C23H16ClN5OS2. The number of benzene rings is 2. The third kappa shape index (κ3) is 4.38. The van der Waals surface area contributed by atoms with Gasteiger partial charge in [0.25, 0.3) is 5.56 Å². The van der Waals surface area contributed by atoms with Gasteiger partial charge in [0.05, 0.1) is 11.1 Å². The number of aromatic amines is 2. The van der Waals surface area contributed by atoms with Crippen LogP contribution in [0.1, 0.15) is 17.2 Å². The number of thiophene rings is 1. The molecule has 5 rings (SSSR count). The van der Waals surface area contributed by atoms with Crippen LogP contribution in [0.5, 0.6) is 0 Å². The first kappa shape index (κ1) is 20.7. The van der Waals surface area contributed by atoms with Crippen LogP contribution in [0.2, 0.25) is 5.02 Å². The lowest BCUT2D eigenvalue weighted by Crippen LogP contribution is -2.10. The molecule has 0 aliphatic rings. The fourth-order valence-electron chi connectivity index (χ4n) is 3.21. The van der Waals surface area contributed by atoms with Crippen molar-refractivity contribution in [3.8, 4) is 11.1 Å². The molecule has 0 fully saturated rings. The molecule has 6 nitrogen and oxygen atoms in total.